The highest BCUT2D eigenvalue weighted by molar-refractivity contribution is 14.0. The maximum Gasteiger partial charge on any atom is 0.191 e. The van der Waals surface area contributed by atoms with Crippen LogP contribution in [0.15, 0.2) is 47.6 Å². The van der Waals surface area contributed by atoms with E-state index in [9.17, 15) is 0 Å². The van der Waals surface area contributed by atoms with Crippen LogP contribution in [0.2, 0.25) is 0 Å². The average Bonchev–Trinajstić information content (AvgIpc) is 2.80. The number of pyridine rings is 1. The number of methoxy groups -OCH3 is 1. The van der Waals surface area contributed by atoms with Crippen LogP contribution in [-0.4, -0.2) is 50.8 Å². The smallest absolute Gasteiger partial charge is 0.191 e. The molecule has 2 aromatic rings. The van der Waals surface area contributed by atoms with Gasteiger partial charge in [-0.3, -0.25) is 4.99 Å². The molecule has 0 radical (unpaired) electrons. The van der Waals surface area contributed by atoms with Crippen molar-refractivity contribution in [2.24, 2.45) is 4.99 Å². The van der Waals surface area contributed by atoms with E-state index in [1.807, 2.05) is 43.5 Å². The summed E-state index contributed by atoms with van der Waals surface area (Å²) >= 11 is 0. The van der Waals surface area contributed by atoms with Gasteiger partial charge >= 0.3 is 0 Å². The highest BCUT2D eigenvalue weighted by Crippen LogP contribution is 2.26. The van der Waals surface area contributed by atoms with Gasteiger partial charge < -0.3 is 25.0 Å². The maximum absolute atomic E-state index is 5.99. The number of hydrogen-bond acceptors (Lipinski definition) is 5. The minimum Gasteiger partial charge on any atom is -0.493 e. The summed E-state index contributed by atoms with van der Waals surface area (Å²) in [6.45, 7) is 5.51. The second kappa shape index (κ2) is 13.2. The van der Waals surface area contributed by atoms with Crippen molar-refractivity contribution in [2.45, 2.75) is 38.8 Å². The zero-order valence-electron chi connectivity index (χ0n) is 18.6. The Balaban J connectivity index is 0.00000341. The van der Waals surface area contributed by atoms with Crippen molar-refractivity contribution >= 4 is 35.8 Å². The lowest BCUT2D eigenvalue weighted by Gasteiger charge is -2.28. The quantitative estimate of drug-likeness (QED) is 0.302. The molecule has 3 rings (SSSR count). The number of para-hydroxylation sites is 2. The number of rotatable bonds is 8. The second-order valence-corrected chi connectivity index (χ2v) is 7.46. The van der Waals surface area contributed by atoms with Crippen molar-refractivity contribution in [3.63, 3.8) is 0 Å². The predicted molar refractivity (Wildman–Crippen MR) is 137 cm³/mol. The number of hydrogen-bond donors (Lipinski definition) is 2. The normalized spacial score (nSPS) is 14.9. The van der Waals surface area contributed by atoms with E-state index in [1.165, 1.54) is 24.8 Å². The fourth-order valence-electron chi connectivity index (χ4n) is 3.49. The van der Waals surface area contributed by atoms with Gasteiger partial charge in [-0.05, 0) is 56.0 Å². The molecular weight excluding hydrogens is 505 g/mol. The van der Waals surface area contributed by atoms with Crippen molar-refractivity contribution in [1.29, 1.82) is 0 Å². The molecule has 1 aliphatic rings. The third-order valence-corrected chi connectivity index (χ3v) is 5.13. The van der Waals surface area contributed by atoms with Crippen molar-refractivity contribution < 1.29 is 9.47 Å². The number of aromatic nitrogens is 1. The lowest BCUT2D eigenvalue weighted by Crippen LogP contribution is -2.41. The largest absolute Gasteiger partial charge is 0.493 e. The lowest BCUT2D eigenvalue weighted by atomic mass is 10.1. The van der Waals surface area contributed by atoms with Crippen molar-refractivity contribution in [2.75, 3.05) is 38.7 Å². The summed E-state index contributed by atoms with van der Waals surface area (Å²) < 4.78 is 11.3. The van der Waals surface area contributed by atoms with Gasteiger partial charge in [0.05, 0.1) is 13.7 Å². The van der Waals surface area contributed by atoms with Gasteiger partial charge in [0.1, 0.15) is 11.9 Å². The Morgan fingerprint density at radius 1 is 1.13 bits per heavy atom. The monoisotopic (exact) mass is 539 g/mol. The Hall–Kier alpha value is -2.23. The minimum absolute atomic E-state index is 0. The molecule has 1 aromatic heterocycles. The summed E-state index contributed by atoms with van der Waals surface area (Å²) in [6.07, 6.45) is 5.65. The minimum atomic E-state index is -0.0496. The van der Waals surface area contributed by atoms with Crippen LogP contribution in [0.3, 0.4) is 0 Å². The topological polar surface area (TPSA) is 71.0 Å². The number of piperidine rings is 1. The van der Waals surface area contributed by atoms with Gasteiger partial charge in [0, 0.05) is 32.9 Å². The summed E-state index contributed by atoms with van der Waals surface area (Å²) in [4.78, 5) is 11.2. The number of aliphatic imine (C=N–C) groups is 1. The summed E-state index contributed by atoms with van der Waals surface area (Å²) in [7, 11) is 3.42. The van der Waals surface area contributed by atoms with E-state index < -0.39 is 0 Å². The van der Waals surface area contributed by atoms with Crippen LogP contribution in [-0.2, 0) is 6.54 Å². The molecule has 0 aliphatic carbocycles. The molecule has 0 spiro atoms. The first-order valence-electron chi connectivity index (χ1n) is 10.6. The molecule has 0 amide bonds. The van der Waals surface area contributed by atoms with Crippen LogP contribution in [0.1, 0.15) is 31.7 Å². The fraction of sp³-hybridized carbons (Fsp3) is 0.478. The molecule has 2 heterocycles. The molecule has 1 saturated heterocycles. The summed E-state index contributed by atoms with van der Waals surface area (Å²) in [5.74, 6) is 3.27. The molecule has 0 saturated carbocycles. The molecule has 1 atom stereocenters. The van der Waals surface area contributed by atoms with E-state index in [0.717, 1.165) is 36.4 Å². The molecule has 2 N–H and O–H groups in total. The molecule has 0 bridgehead atoms. The van der Waals surface area contributed by atoms with Crippen molar-refractivity contribution in [3.8, 4) is 11.5 Å². The molecular formula is C23H34IN5O2. The van der Waals surface area contributed by atoms with E-state index in [2.05, 4.69) is 31.6 Å². The number of halogens is 1. The van der Waals surface area contributed by atoms with Gasteiger partial charge in [-0.1, -0.05) is 12.1 Å². The van der Waals surface area contributed by atoms with Gasteiger partial charge in [-0.25, -0.2) is 4.98 Å². The zero-order valence-corrected chi connectivity index (χ0v) is 21.0. The van der Waals surface area contributed by atoms with Crippen LogP contribution in [0.4, 0.5) is 5.82 Å². The number of anilines is 1. The van der Waals surface area contributed by atoms with E-state index in [-0.39, 0.29) is 30.1 Å². The zero-order chi connectivity index (χ0) is 21.2. The third-order valence-electron chi connectivity index (χ3n) is 5.13. The van der Waals surface area contributed by atoms with Crippen LogP contribution in [0, 0.1) is 0 Å². The molecule has 1 fully saturated rings. The second-order valence-electron chi connectivity index (χ2n) is 7.46. The number of ether oxygens (including phenoxy) is 2. The highest BCUT2D eigenvalue weighted by atomic mass is 127. The Labute approximate surface area is 202 Å². The van der Waals surface area contributed by atoms with Crippen molar-refractivity contribution in [3.05, 3.63) is 48.2 Å². The Bertz CT molecular complexity index is 827. The van der Waals surface area contributed by atoms with Crippen LogP contribution < -0.4 is 25.0 Å². The van der Waals surface area contributed by atoms with Gasteiger partial charge in [0.25, 0.3) is 0 Å². The van der Waals surface area contributed by atoms with E-state index in [0.29, 0.717) is 13.1 Å². The SMILES string of the molecule is CN=C(NCc1ccnc(N2CCCCC2)c1)NCC(C)Oc1ccccc1OC.I. The first-order valence-corrected chi connectivity index (χ1v) is 10.6. The maximum atomic E-state index is 5.99. The van der Waals surface area contributed by atoms with Gasteiger partial charge in [-0.15, -0.1) is 24.0 Å². The molecule has 31 heavy (non-hydrogen) atoms. The summed E-state index contributed by atoms with van der Waals surface area (Å²) in [5, 5.41) is 6.69. The molecule has 1 unspecified atom stereocenters. The first-order chi connectivity index (χ1) is 14.7. The third kappa shape index (κ3) is 7.75. The predicted octanol–water partition coefficient (Wildman–Crippen LogP) is 3.83. The van der Waals surface area contributed by atoms with Crippen LogP contribution in [0.25, 0.3) is 0 Å². The van der Waals surface area contributed by atoms with Crippen molar-refractivity contribution in [1.82, 2.24) is 15.6 Å². The van der Waals surface area contributed by atoms with Crippen LogP contribution in [0.5, 0.6) is 11.5 Å². The molecule has 8 heteroatoms. The fourth-order valence-corrected chi connectivity index (χ4v) is 3.49. The Morgan fingerprint density at radius 2 is 1.87 bits per heavy atom. The summed E-state index contributed by atoms with van der Waals surface area (Å²) in [6, 6.07) is 11.9. The first kappa shape index (κ1) is 25.0. The lowest BCUT2D eigenvalue weighted by molar-refractivity contribution is 0.213. The van der Waals surface area contributed by atoms with Gasteiger partial charge in [-0.2, -0.15) is 0 Å². The number of nitrogens with zero attached hydrogens (tertiary/aromatic N) is 3. The van der Waals surface area contributed by atoms with Gasteiger partial charge in [0.15, 0.2) is 17.5 Å². The van der Waals surface area contributed by atoms with E-state index >= 15 is 0 Å². The Morgan fingerprint density at radius 3 is 2.58 bits per heavy atom. The number of guanidine groups is 1. The number of nitrogens with one attached hydrogen (secondary N) is 2. The molecule has 7 nitrogen and oxygen atoms in total. The van der Waals surface area contributed by atoms with E-state index in [1.54, 1.807) is 14.2 Å². The number of benzene rings is 1. The molecule has 1 aliphatic heterocycles. The average molecular weight is 539 g/mol. The molecule has 1 aromatic carbocycles. The Kier molecular flexibility index (Phi) is 10.7. The highest BCUT2D eigenvalue weighted by Gasteiger charge is 2.13. The van der Waals surface area contributed by atoms with Gasteiger partial charge in [0.2, 0.25) is 0 Å². The summed E-state index contributed by atoms with van der Waals surface area (Å²) in [5.41, 5.74) is 1.19. The molecule has 170 valence electrons. The standard InChI is InChI=1S/C23H33N5O2.HI/c1-18(30-21-10-6-5-9-20(21)29-3)16-26-23(24-2)27-17-19-11-12-25-22(15-19)28-13-7-4-8-14-28;/h5-6,9-12,15,18H,4,7-8,13-14,16-17H2,1-3H3,(H2,24,26,27);1H. The van der Waals surface area contributed by atoms with Crippen LogP contribution >= 0.6 is 24.0 Å². The van der Waals surface area contributed by atoms with E-state index in [4.69, 9.17) is 9.47 Å².